The fraction of sp³-hybridized carbons (Fsp3) is 0.273. The number of nitrogen functional groups attached to an aromatic ring is 1. The predicted molar refractivity (Wildman–Crippen MR) is 59.6 cm³/mol. The molecule has 0 fully saturated rings. The lowest BCUT2D eigenvalue weighted by molar-refractivity contribution is 0.632. The summed E-state index contributed by atoms with van der Waals surface area (Å²) in [4.78, 5) is 0. The highest BCUT2D eigenvalue weighted by atomic mass is 19.1. The van der Waals surface area contributed by atoms with Gasteiger partial charge in [0.2, 0.25) is 0 Å². The molecule has 1 unspecified atom stereocenters. The van der Waals surface area contributed by atoms with Crippen molar-refractivity contribution in [2.24, 2.45) is 16.1 Å². The van der Waals surface area contributed by atoms with Gasteiger partial charge in [-0.2, -0.15) is 10.2 Å². The molecule has 1 atom stereocenters. The van der Waals surface area contributed by atoms with Gasteiger partial charge in [0.15, 0.2) is 0 Å². The van der Waals surface area contributed by atoms with E-state index in [1.165, 1.54) is 6.07 Å². The van der Waals surface area contributed by atoms with Crippen molar-refractivity contribution in [3.05, 3.63) is 29.6 Å². The molecule has 1 heterocycles. The molecule has 0 aliphatic carbocycles. The molecule has 15 heavy (non-hydrogen) atoms. The fourth-order valence-electron chi connectivity index (χ4n) is 1.55. The van der Waals surface area contributed by atoms with Crippen LogP contribution in [0.3, 0.4) is 0 Å². The Labute approximate surface area is 87.5 Å². The number of rotatable bonds is 1. The first-order chi connectivity index (χ1) is 7.18. The first-order valence-electron chi connectivity index (χ1n) is 4.83. The minimum Gasteiger partial charge on any atom is -0.396 e. The van der Waals surface area contributed by atoms with E-state index in [1.54, 1.807) is 18.3 Å². The molecule has 0 amide bonds. The van der Waals surface area contributed by atoms with Gasteiger partial charge in [0.1, 0.15) is 5.82 Å². The second-order valence-corrected chi connectivity index (χ2v) is 3.66. The fourth-order valence-corrected chi connectivity index (χ4v) is 1.55. The monoisotopic (exact) mass is 205 g/mol. The number of nitrogens with zero attached hydrogens (tertiary/aromatic N) is 2. The van der Waals surface area contributed by atoms with Crippen LogP contribution in [0.15, 0.2) is 28.4 Å². The van der Waals surface area contributed by atoms with Gasteiger partial charge >= 0.3 is 0 Å². The molecule has 0 bridgehead atoms. The summed E-state index contributed by atoms with van der Waals surface area (Å²) in [5.74, 6) is -0.137. The van der Waals surface area contributed by atoms with E-state index in [9.17, 15) is 4.39 Å². The summed E-state index contributed by atoms with van der Waals surface area (Å²) in [6.07, 6.45) is 2.60. The number of anilines is 1. The Bertz CT molecular complexity index is 437. The van der Waals surface area contributed by atoms with Gasteiger partial charge in [-0.3, -0.25) is 0 Å². The maximum Gasteiger partial charge on any atom is 0.146 e. The number of benzene rings is 1. The number of nitrogens with two attached hydrogens (primary N) is 1. The standard InChI is InChI=1S/C11H12FN3/c1-7-4-5-14-15-11(7)8-2-3-10(13)9(12)6-8/h2-3,5-7H,4,13H2,1H3. The van der Waals surface area contributed by atoms with Gasteiger partial charge in [0.05, 0.1) is 11.4 Å². The van der Waals surface area contributed by atoms with Gasteiger partial charge in [-0.1, -0.05) is 13.0 Å². The molecule has 4 heteroatoms. The number of halogens is 1. The van der Waals surface area contributed by atoms with Gasteiger partial charge in [0, 0.05) is 17.7 Å². The Morgan fingerprint density at radius 1 is 1.47 bits per heavy atom. The second-order valence-electron chi connectivity index (χ2n) is 3.66. The van der Waals surface area contributed by atoms with Crippen LogP contribution < -0.4 is 5.73 Å². The predicted octanol–water partition coefficient (Wildman–Crippen LogP) is 2.22. The third-order valence-corrected chi connectivity index (χ3v) is 2.47. The Balaban J connectivity index is 2.41. The number of hydrogen-bond acceptors (Lipinski definition) is 3. The zero-order valence-corrected chi connectivity index (χ0v) is 8.44. The van der Waals surface area contributed by atoms with Gasteiger partial charge in [-0.05, 0) is 18.6 Å². The summed E-state index contributed by atoms with van der Waals surface area (Å²) in [7, 11) is 0. The SMILES string of the molecule is CC1CC=NN=C1c1ccc(N)c(F)c1. The van der Waals surface area contributed by atoms with Crippen molar-refractivity contribution in [2.45, 2.75) is 13.3 Å². The molecule has 0 spiro atoms. The first kappa shape index (κ1) is 9.83. The molecule has 3 nitrogen and oxygen atoms in total. The second kappa shape index (κ2) is 3.81. The lowest BCUT2D eigenvalue weighted by Gasteiger charge is -2.14. The van der Waals surface area contributed by atoms with Crippen LogP contribution in [0.25, 0.3) is 0 Å². The third-order valence-electron chi connectivity index (χ3n) is 2.47. The van der Waals surface area contributed by atoms with Crippen molar-refractivity contribution in [3.8, 4) is 0 Å². The smallest absolute Gasteiger partial charge is 0.146 e. The van der Waals surface area contributed by atoms with Crippen molar-refractivity contribution < 1.29 is 4.39 Å². The normalized spacial score (nSPS) is 20.1. The van der Waals surface area contributed by atoms with Gasteiger partial charge in [-0.25, -0.2) is 4.39 Å². The molecule has 1 aromatic carbocycles. The topological polar surface area (TPSA) is 50.7 Å². The van der Waals surface area contributed by atoms with Crippen LogP contribution in [0.2, 0.25) is 0 Å². The lowest BCUT2D eigenvalue weighted by atomic mass is 9.95. The molecule has 1 aliphatic rings. The van der Waals surface area contributed by atoms with Crippen molar-refractivity contribution in [2.75, 3.05) is 5.73 Å². The van der Waals surface area contributed by atoms with E-state index >= 15 is 0 Å². The Hall–Kier alpha value is -1.71. The molecule has 1 aromatic rings. The molecule has 0 radical (unpaired) electrons. The lowest BCUT2D eigenvalue weighted by Crippen LogP contribution is -2.16. The summed E-state index contributed by atoms with van der Waals surface area (Å²) in [6, 6.07) is 4.73. The van der Waals surface area contributed by atoms with E-state index in [0.29, 0.717) is 0 Å². The van der Waals surface area contributed by atoms with E-state index < -0.39 is 5.82 Å². The molecule has 0 saturated heterocycles. The zero-order valence-electron chi connectivity index (χ0n) is 8.44. The quantitative estimate of drug-likeness (QED) is 0.702. The van der Waals surface area contributed by atoms with Crippen molar-refractivity contribution >= 4 is 17.6 Å². The molecule has 78 valence electrons. The minimum absolute atomic E-state index is 0.159. The van der Waals surface area contributed by atoms with E-state index in [2.05, 4.69) is 10.2 Å². The van der Waals surface area contributed by atoms with E-state index in [-0.39, 0.29) is 11.6 Å². The Kier molecular flexibility index (Phi) is 2.49. The van der Waals surface area contributed by atoms with E-state index in [0.717, 1.165) is 17.7 Å². The molecule has 2 N–H and O–H groups in total. The Morgan fingerprint density at radius 3 is 2.93 bits per heavy atom. The van der Waals surface area contributed by atoms with Crippen LogP contribution in [0.5, 0.6) is 0 Å². The van der Waals surface area contributed by atoms with Crippen LogP contribution in [0.1, 0.15) is 18.9 Å². The molecule has 2 rings (SSSR count). The van der Waals surface area contributed by atoms with Crippen LogP contribution in [0.4, 0.5) is 10.1 Å². The highest BCUT2D eigenvalue weighted by molar-refractivity contribution is 6.04. The molecular formula is C11H12FN3. The third kappa shape index (κ3) is 1.88. The van der Waals surface area contributed by atoms with Gasteiger partial charge in [-0.15, -0.1) is 0 Å². The first-order valence-corrected chi connectivity index (χ1v) is 4.83. The maximum atomic E-state index is 13.2. The van der Waals surface area contributed by atoms with Crippen LogP contribution in [-0.2, 0) is 0 Å². The van der Waals surface area contributed by atoms with Crippen molar-refractivity contribution in [1.82, 2.24) is 0 Å². The average Bonchev–Trinajstić information content (AvgIpc) is 2.23. The van der Waals surface area contributed by atoms with Crippen LogP contribution in [0, 0.1) is 11.7 Å². The maximum absolute atomic E-state index is 13.2. The summed E-state index contributed by atoms with van der Waals surface area (Å²) in [5, 5.41) is 7.88. The summed E-state index contributed by atoms with van der Waals surface area (Å²) in [5.41, 5.74) is 7.14. The van der Waals surface area contributed by atoms with Crippen molar-refractivity contribution in [1.29, 1.82) is 0 Å². The molecule has 1 aliphatic heterocycles. The Morgan fingerprint density at radius 2 is 2.27 bits per heavy atom. The molecule has 0 saturated carbocycles. The summed E-state index contributed by atoms with van der Waals surface area (Å²) in [6.45, 7) is 2.04. The molecular weight excluding hydrogens is 193 g/mol. The molecule has 0 aromatic heterocycles. The van der Waals surface area contributed by atoms with Gasteiger partial charge in [0.25, 0.3) is 0 Å². The highest BCUT2D eigenvalue weighted by Crippen LogP contribution is 2.19. The van der Waals surface area contributed by atoms with Crippen molar-refractivity contribution in [3.63, 3.8) is 0 Å². The van der Waals surface area contributed by atoms with Crippen LogP contribution in [-0.4, -0.2) is 11.9 Å². The zero-order chi connectivity index (χ0) is 10.8. The van der Waals surface area contributed by atoms with Gasteiger partial charge < -0.3 is 5.73 Å². The number of hydrogen-bond donors (Lipinski definition) is 1. The largest absolute Gasteiger partial charge is 0.396 e. The van der Waals surface area contributed by atoms with E-state index in [4.69, 9.17) is 5.73 Å². The summed E-state index contributed by atoms with van der Waals surface area (Å²) < 4.78 is 13.2. The highest BCUT2D eigenvalue weighted by Gasteiger charge is 2.16. The minimum atomic E-state index is -0.406. The van der Waals surface area contributed by atoms with E-state index in [1.807, 2.05) is 6.92 Å². The van der Waals surface area contributed by atoms with Crippen LogP contribution >= 0.6 is 0 Å². The average molecular weight is 205 g/mol. The summed E-state index contributed by atoms with van der Waals surface area (Å²) >= 11 is 0.